The average molecular weight is 285 g/mol. The summed E-state index contributed by atoms with van der Waals surface area (Å²) in [7, 11) is 0. The van der Waals surface area contributed by atoms with E-state index in [0.29, 0.717) is 11.9 Å². The molecule has 1 aromatic heterocycles. The van der Waals surface area contributed by atoms with Crippen molar-refractivity contribution >= 4 is 0 Å². The summed E-state index contributed by atoms with van der Waals surface area (Å²) in [6, 6.07) is 1.19. The van der Waals surface area contributed by atoms with Gasteiger partial charge < -0.3 is 5.32 Å². The molecule has 0 bridgehead atoms. The van der Waals surface area contributed by atoms with Crippen molar-refractivity contribution in [2.75, 3.05) is 0 Å². The Kier molecular flexibility index (Phi) is 3.76. The van der Waals surface area contributed by atoms with Crippen LogP contribution in [0.1, 0.15) is 26.6 Å². The zero-order chi connectivity index (χ0) is 14.9. The predicted molar refractivity (Wildman–Crippen MR) is 65.6 cm³/mol. The molecule has 0 spiro atoms. The first-order chi connectivity index (χ1) is 9.28. The Morgan fingerprint density at radius 2 is 1.75 bits per heavy atom. The lowest BCUT2D eigenvalue weighted by Gasteiger charge is -2.19. The summed E-state index contributed by atoms with van der Waals surface area (Å²) in [5.41, 5.74) is -0.428. The molecule has 0 aliphatic rings. The molecule has 0 fully saturated rings. The quantitative estimate of drug-likeness (QED) is 0.876. The van der Waals surface area contributed by atoms with Crippen LogP contribution in [0.25, 0.3) is 5.69 Å². The number of hydrogen-bond acceptors (Lipinski definition) is 4. The molecule has 1 aromatic carbocycles. The highest BCUT2D eigenvalue weighted by Crippen LogP contribution is 2.18. The third-order valence-electron chi connectivity index (χ3n) is 2.53. The summed E-state index contributed by atoms with van der Waals surface area (Å²) in [5, 5.41) is 13.9. The van der Waals surface area contributed by atoms with Gasteiger partial charge in [-0.05, 0) is 31.2 Å². The molecular weight excluding hydrogens is 271 g/mol. The smallest absolute Gasteiger partial charge is 0.170 e. The minimum Gasteiger partial charge on any atom is -0.305 e. The molecule has 1 N–H and O–H groups in total. The Balaban J connectivity index is 2.35. The third kappa shape index (κ3) is 3.13. The average Bonchev–Trinajstić information content (AvgIpc) is 2.78. The van der Waals surface area contributed by atoms with Gasteiger partial charge in [0, 0.05) is 17.7 Å². The third-order valence-corrected chi connectivity index (χ3v) is 2.53. The van der Waals surface area contributed by atoms with Crippen LogP contribution in [-0.2, 0) is 6.54 Å². The first-order valence-corrected chi connectivity index (χ1v) is 5.95. The Labute approximate surface area is 113 Å². The molecule has 0 atom stereocenters. The van der Waals surface area contributed by atoms with E-state index in [0.717, 1.165) is 10.7 Å². The van der Waals surface area contributed by atoms with E-state index < -0.39 is 17.5 Å². The second-order valence-corrected chi connectivity index (χ2v) is 5.33. The molecule has 8 heteroatoms. The van der Waals surface area contributed by atoms with Crippen LogP contribution in [0.15, 0.2) is 12.1 Å². The van der Waals surface area contributed by atoms with E-state index >= 15 is 0 Å². The molecule has 0 saturated carbocycles. The maximum Gasteiger partial charge on any atom is 0.170 e. The number of rotatable bonds is 3. The van der Waals surface area contributed by atoms with Gasteiger partial charge in [0.25, 0.3) is 0 Å². The van der Waals surface area contributed by atoms with E-state index in [1.54, 1.807) is 0 Å². The van der Waals surface area contributed by atoms with Crippen molar-refractivity contribution in [1.29, 1.82) is 0 Å². The van der Waals surface area contributed by atoms with Crippen molar-refractivity contribution < 1.29 is 13.2 Å². The first kappa shape index (κ1) is 14.4. The normalized spacial score (nSPS) is 11.9. The molecule has 1 heterocycles. The zero-order valence-electron chi connectivity index (χ0n) is 11.3. The van der Waals surface area contributed by atoms with Gasteiger partial charge in [0.05, 0.1) is 6.54 Å². The molecule has 108 valence electrons. The number of tetrazole rings is 1. The van der Waals surface area contributed by atoms with Gasteiger partial charge in [-0.15, -0.1) is 5.10 Å². The van der Waals surface area contributed by atoms with Crippen molar-refractivity contribution in [1.82, 2.24) is 25.5 Å². The summed E-state index contributed by atoms with van der Waals surface area (Å²) >= 11 is 0. The SMILES string of the molecule is CC(C)(C)NCc1nnnn1-c1cc(F)c(F)cc1F. The summed E-state index contributed by atoms with van der Waals surface area (Å²) in [5.74, 6) is -3.06. The van der Waals surface area contributed by atoms with Crippen LogP contribution in [0.3, 0.4) is 0 Å². The molecule has 0 saturated heterocycles. The molecular formula is C12H14F3N5. The monoisotopic (exact) mass is 285 g/mol. The largest absolute Gasteiger partial charge is 0.305 e. The van der Waals surface area contributed by atoms with Crippen LogP contribution >= 0.6 is 0 Å². The lowest BCUT2D eigenvalue weighted by molar-refractivity contribution is 0.414. The second kappa shape index (κ2) is 5.20. The maximum atomic E-state index is 13.7. The standard InChI is InChI=1S/C12H14F3N5/c1-12(2,3)16-6-11-17-18-19-20(11)10-5-8(14)7(13)4-9(10)15/h4-5,16H,6H2,1-3H3. The van der Waals surface area contributed by atoms with Gasteiger partial charge >= 0.3 is 0 Å². The minimum absolute atomic E-state index is 0.191. The summed E-state index contributed by atoms with van der Waals surface area (Å²) < 4.78 is 40.9. The molecule has 0 aliphatic heterocycles. The highest BCUT2D eigenvalue weighted by atomic mass is 19.2. The predicted octanol–water partition coefficient (Wildman–Crippen LogP) is 1.97. The van der Waals surface area contributed by atoms with Gasteiger partial charge in [-0.25, -0.2) is 13.2 Å². The molecule has 0 amide bonds. The van der Waals surface area contributed by atoms with Crippen molar-refractivity contribution in [3.63, 3.8) is 0 Å². The molecule has 0 aliphatic carbocycles. The molecule has 2 aromatic rings. The Morgan fingerprint density at radius 3 is 2.40 bits per heavy atom. The van der Waals surface area contributed by atoms with Crippen LogP contribution in [0.5, 0.6) is 0 Å². The molecule has 20 heavy (non-hydrogen) atoms. The minimum atomic E-state index is -1.26. The molecule has 0 radical (unpaired) electrons. The van der Waals surface area contributed by atoms with E-state index in [1.807, 2.05) is 20.8 Å². The Hall–Kier alpha value is -1.96. The van der Waals surface area contributed by atoms with Gasteiger partial charge in [-0.1, -0.05) is 0 Å². The van der Waals surface area contributed by atoms with Crippen molar-refractivity contribution in [2.24, 2.45) is 0 Å². The number of nitrogens with one attached hydrogen (secondary N) is 1. The molecule has 0 unspecified atom stereocenters. The van der Waals surface area contributed by atoms with Crippen LogP contribution in [0, 0.1) is 17.5 Å². The van der Waals surface area contributed by atoms with E-state index in [1.165, 1.54) is 0 Å². The number of nitrogens with zero attached hydrogens (tertiary/aromatic N) is 4. The fraction of sp³-hybridized carbons (Fsp3) is 0.417. The highest BCUT2D eigenvalue weighted by molar-refractivity contribution is 5.34. The van der Waals surface area contributed by atoms with Gasteiger partial charge in [0.15, 0.2) is 23.3 Å². The van der Waals surface area contributed by atoms with Crippen LogP contribution in [-0.4, -0.2) is 25.7 Å². The summed E-state index contributed by atoms with van der Waals surface area (Å²) in [4.78, 5) is 0. The van der Waals surface area contributed by atoms with E-state index in [-0.39, 0.29) is 17.8 Å². The number of halogens is 3. The fourth-order valence-corrected chi connectivity index (χ4v) is 1.52. The fourth-order valence-electron chi connectivity index (χ4n) is 1.52. The van der Waals surface area contributed by atoms with Gasteiger partial charge in [0.1, 0.15) is 5.69 Å². The summed E-state index contributed by atoms with van der Waals surface area (Å²) in [6.45, 7) is 6.09. The van der Waals surface area contributed by atoms with E-state index in [4.69, 9.17) is 0 Å². The number of aromatic nitrogens is 4. The van der Waals surface area contributed by atoms with Crippen LogP contribution in [0.2, 0.25) is 0 Å². The van der Waals surface area contributed by atoms with E-state index in [9.17, 15) is 13.2 Å². The van der Waals surface area contributed by atoms with Crippen LogP contribution in [0.4, 0.5) is 13.2 Å². The van der Waals surface area contributed by atoms with Gasteiger partial charge in [-0.3, -0.25) is 0 Å². The zero-order valence-corrected chi connectivity index (χ0v) is 11.3. The van der Waals surface area contributed by atoms with Crippen molar-refractivity contribution in [2.45, 2.75) is 32.9 Å². The first-order valence-electron chi connectivity index (χ1n) is 5.95. The lowest BCUT2D eigenvalue weighted by atomic mass is 10.1. The number of benzene rings is 1. The second-order valence-electron chi connectivity index (χ2n) is 5.33. The number of hydrogen-bond donors (Lipinski definition) is 1. The van der Waals surface area contributed by atoms with Crippen molar-refractivity contribution in [3.8, 4) is 5.69 Å². The molecule has 5 nitrogen and oxygen atoms in total. The Bertz CT molecular complexity index is 618. The summed E-state index contributed by atoms with van der Waals surface area (Å²) in [6.07, 6.45) is 0. The maximum absolute atomic E-state index is 13.7. The van der Waals surface area contributed by atoms with Crippen LogP contribution < -0.4 is 5.32 Å². The highest BCUT2D eigenvalue weighted by Gasteiger charge is 2.17. The van der Waals surface area contributed by atoms with Gasteiger partial charge in [0.2, 0.25) is 0 Å². The van der Waals surface area contributed by atoms with Crippen molar-refractivity contribution in [3.05, 3.63) is 35.4 Å². The molecule has 2 rings (SSSR count). The van der Waals surface area contributed by atoms with Gasteiger partial charge in [-0.2, -0.15) is 4.68 Å². The lowest BCUT2D eigenvalue weighted by Crippen LogP contribution is -2.36. The topological polar surface area (TPSA) is 55.6 Å². The Morgan fingerprint density at radius 1 is 1.10 bits per heavy atom. The van der Waals surface area contributed by atoms with E-state index in [2.05, 4.69) is 20.8 Å².